The Morgan fingerprint density at radius 2 is 1.95 bits per heavy atom. The maximum absolute atomic E-state index is 5.79. The van der Waals surface area contributed by atoms with E-state index in [2.05, 4.69) is 49.9 Å². The second-order valence-corrected chi connectivity index (χ2v) is 5.89. The van der Waals surface area contributed by atoms with Gasteiger partial charge < -0.3 is 10.5 Å². The van der Waals surface area contributed by atoms with E-state index in [1.165, 1.54) is 11.1 Å². The maximum Gasteiger partial charge on any atom is 0.0828 e. The number of nitrogens with two attached hydrogens (primary N) is 1. The highest BCUT2D eigenvalue weighted by molar-refractivity contribution is 5.24. The highest BCUT2D eigenvalue weighted by Gasteiger charge is 2.24. The zero-order valence-corrected chi connectivity index (χ0v) is 12.3. The number of nitrogens with zero attached hydrogens (tertiary/aromatic N) is 1. The summed E-state index contributed by atoms with van der Waals surface area (Å²) in [6.45, 7) is 10.1. The summed E-state index contributed by atoms with van der Waals surface area (Å²) in [6, 6.07) is 8.97. The van der Waals surface area contributed by atoms with Crippen LogP contribution < -0.4 is 5.73 Å². The van der Waals surface area contributed by atoms with Crippen LogP contribution in [0.5, 0.6) is 0 Å². The largest absolute Gasteiger partial charge is 0.371 e. The van der Waals surface area contributed by atoms with E-state index < -0.39 is 0 Å². The lowest BCUT2D eigenvalue weighted by Crippen LogP contribution is -2.48. The molecule has 1 fully saturated rings. The average molecular weight is 262 g/mol. The van der Waals surface area contributed by atoms with Gasteiger partial charge in [-0.25, -0.2) is 0 Å². The van der Waals surface area contributed by atoms with Crippen molar-refractivity contribution in [1.82, 2.24) is 4.90 Å². The summed E-state index contributed by atoms with van der Waals surface area (Å²) in [5.74, 6) is 0.596. The summed E-state index contributed by atoms with van der Waals surface area (Å²) < 4.78 is 5.79. The van der Waals surface area contributed by atoms with Gasteiger partial charge in [-0.3, -0.25) is 4.90 Å². The first-order chi connectivity index (χ1) is 9.08. The second kappa shape index (κ2) is 6.51. The van der Waals surface area contributed by atoms with E-state index in [1.807, 2.05) is 0 Å². The van der Waals surface area contributed by atoms with E-state index in [0.29, 0.717) is 12.5 Å². The highest BCUT2D eigenvalue weighted by Crippen LogP contribution is 2.17. The van der Waals surface area contributed by atoms with Crippen LogP contribution in [0.3, 0.4) is 0 Å². The Labute approximate surface area is 116 Å². The predicted octanol–water partition coefficient (Wildman–Crippen LogP) is 2.36. The minimum absolute atomic E-state index is 0.179. The first-order valence-corrected chi connectivity index (χ1v) is 7.25. The van der Waals surface area contributed by atoms with Gasteiger partial charge >= 0.3 is 0 Å². The Kier molecular flexibility index (Phi) is 4.97. The molecule has 19 heavy (non-hydrogen) atoms. The molecule has 0 aromatic heterocycles. The number of benzene rings is 1. The smallest absolute Gasteiger partial charge is 0.0828 e. The Balaban J connectivity index is 1.96. The molecular formula is C16H26N2O. The molecule has 3 nitrogen and oxygen atoms in total. The van der Waals surface area contributed by atoms with Gasteiger partial charge in [-0.1, -0.05) is 38.1 Å². The van der Waals surface area contributed by atoms with Gasteiger partial charge in [-0.05, 0) is 24.0 Å². The molecule has 1 saturated heterocycles. The van der Waals surface area contributed by atoms with Gasteiger partial charge in [0.1, 0.15) is 0 Å². The number of morpholine rings is 1. The molecule has 2 N–H and O–H groups in total. The molecule has 0 spiro atoms. The molecule has 0 radical (unpaired) electrons. The third-order valence-corrected chi connectivity index (χ3v) is 3.72. The van der Waals surface area contributed by atoms with Gasteiger partial charge in [0.2, 0.25) is 0 Å². The molecule has 2 atom stereocenters. The van der Waals surface area contributed by atoms with Crippen LogP contribution in [0, 0.1) is 0 Å². The average Bonchev–Trinajstić information content (AvgIpc) is 2.38. The van der Waals surface area contributed by atoms with Crippen LogP contribution in [0.1, 0.15) is 37.8 Å². The Morgan fingerprint density at radius 3 is 2.53 bits per heavy atom. The van der Waals surface area contributed by atoms with Crippen molar-refractivity contribution in [2.45, 2.75) is 45.4 Å². The molecule has 106 valence electrons. The quantitative estimate of drug-likeness (QED) is 0.905. The van der Waals surface area contributed by atoms with Crippen molar-refractivity contribution in [3.8, 4) is 0 Å². The fourth-order valence-corrected chi connectivity index (χ4v) is 2.67. The van der Waals surface area contributed by atoms with Crippen LogP contribution >= 0.6 is 0 Å². The standard InChI is InChI=1S/C16H26N2O/c1-12(2)15-6-4-14(5-7-15)10-18-9-13(3)19-16(8-17)11-18/h4-7,12-13,16H,8-11,17H2,1-3H3. The lowest BCUT2D eigenvalue weighted by Gasteiger charge is -2.36. The number of hydrogen-bond acceptors (Lipinski definition) is 3. The van der Waals surface area contributed by atoms with Gasteiger partial charge in [-0.2, -0.15) is 0 Å². The van der Waals surface area contributed by atoms with Crippen LogP contribution in [-0.2, 0) is 11.3 Å². The van der Waals surface area contributed by atoms with E-state index in [0.717, 1.165) is 19.6 Å². The van der Waals surface area contributed by atoms with Crippen LogP contribution in [-0.4, -0.2) is 36.7 Å². The number of ether oxygens (including phenoxy) is 1. The second-order valence-electron chi connectivity index (χ2n) is 5.89. The summed E-state index contributed by atoms with van der Waals surface area (Å²) in [4.78, 5) is 2.44. The van der Waals surface area contributed by atoms with E-state index in [1.54, 1.807) is 0 Å². The minimum Gasteiger partial charge on any atom is -0.371 e. The van der Waals surface area contributed by atoms with E-state index in [4.69, 9.17) is 10.5 Å². The van der Waals surface area contributed by atoms with Crippen LogP contribution in [0.15, 0.2) is 24.3 Å². The van der Waals surface area contributed by atoms with Gasteiger partial charge in [0.05, 0.1) is 12.2 Å². The molecule has 3 heteroatoms. The topological polar surface area (TPSA) is 38.5 Å². The van der Waals surface area contributed by atoms with E-state index in [-0.39, 0.29) is 12.2 Å². The number of hydrogen-bond donors (Lipinski definition) is 1. The molecule has 0 saturated carbocycles. The van der Waals surface area contributed by atoms with Crippen molar-refractivity contribution in [1.29, 1.82) is 0 Å². The number of rotatable bonds is 4. The molecule has 1 aliphatic rings. The third kappa shape index (κ3) is 4.03. The van der Waals surface area contributed by atoms with Crippen LogP contribution in [0.4, 0.5) is 0 Å². The molecular weight excluding hydrogens is 236 g/mol. The molecule has 0 amide bonds. The van der Waals surface area contributed by atoms with Gasteiger partial charge in [0, 0.05) is 26.2 Å². The molecule has 0 bridgehead atoms. The zero-order valence-electron chi connectivity index (χ0n) is 12.3. The third-order valence-electron chi connectivity index (χ3n) is 3.72. The van der Waals surface area contributed by atoms with E-state index >= 15 is 0 Å². The first-order valence-electron chi connectivity index (χ1n) is 7.25. The molecule has 1 heterocycles. The minimum atomic E-state index is 0.179. The Hall–Kier alpha value is -0.900. The van der Waals surface area contributed by atoms with E-state index in [9.17, 15) is 0 Å². The molecule has 2 rings (SSSR count). The van der Waals surface area contributed by atoms with Gasteiger partial charge in [0.25, 0.3) is 0 Å². The predicted molar refractivity (Wildman–Crippen MR) is 79.2 cm³/mol. The monoisotopic (exact) mass is 262 g/mol. The normalized spacial score (nSPS) is 24.9. The highest BCUT2D eigenvalue weighted by atomic mass is 16.5. The zero-order chi connectivity index (χ0) is 13.8. The van der Waals surface area contributed by atoms with Crippen LogP contribution in [0.25, 0.3) is 0 Å². The lowest BCUT2D eigenvalue weighted by molar-refractivity contribution is -0.0745. The van der Waals surface area contributed by atoms with Crippen molar-refractivity contribution in [2.24, 2.45) is 5.73 Å². The molecule has 2 unspecified atom stereocenters. The fraction of sp³-hybridized carbons (Fsp3) is 0.625. The van der Waals surface area contributed by atoms with Crippen molar-refractivity contribution in [3.63, 3.8) is 0 Å². The molecule has 1 aliphatic heterocycles. The van der Waals surface area contributed by atoms with Crippen molar-refractivity contribution >= 4 is 0 Å². The van der Waals surface area contributed by atoms with Crippen molar-refractivity contribution < 1.29 is 4.74 Å². The SMILES string of the molecule is CC1CN(Cc2ccc(C(C)C)cc2)CC(CN)O1. The molecule has 0 aliphatic carbocycles. The van der Waals surface area contributed by atoms with Gasteiger partial charge in [0.15, 0.2) is 0 Å². The van der Waals surface area contributed by atoms with Crippen molar-refractivity contribution in [3.05, 3.63) is 35.4 Å². The van der Waals surface area contributed by atoms with Crippen LogP contribution in [0.2, 0.25) is 0 Å². The summed E-state index contributed by atoms with van der Waals surface area (Å²) in [6.07, 6.45) is 0.455. The Bertz CT molecular complexity index is 388. The first kappa shape index (κ1) is 14.5. The van der Waals surface area contributed by atoms with Crippen molar-refractivity contribution in [2.75, 3.05) is 19.6 Å². The summed E-state index contributed by atoms with van der Waals surface area (Å²) in [7, 11) is 0. The molecule has 1 aromatic carbocycles. The Morgan fingerprint density at radius 1 is 1.26 bits per heavy atom. The maximum atomic E-state index is 5.79. The lowest BCUT2D eigenvalue weighted by atomic mass is 10.0. The summed E-state index contributed by atoms with van der Waals surface area (Å²) >= 11 is 0. The van der Waals surface area contributed by atoms with Gasteiger partial charge in [-0.15, -0.1) is 0 Å². The summed E-state index contributed by atoms with van der Waals surface area (Å²) in [5, 5.41) is 0. The summed E-state index contributed by atoms with van der Waals surface area (Å²) in [5.41, 5.74) is 8.49. The molecule has 1 aromatic rings. The fourth-order valence-electron chi connectivity index (χ4n) is 2.67.